The van der Waals surface area contributed by atoms with E-state index in [4.69, 9.17) is 9.15 Å². The van der Waals surface area contributed by atoms with E-state index in [2.05, 4.69) is 15.6 Å². The number of nitrogens with zero attached hydrogens (tertiary/aromatic N) is 2. The summed E-state index contributed by atoms with van der Waals surface area (Å²) in [5.41, 5.74) is 0.734. The van der Waals surface area contributed by atoms with Crippen molar-refractivity contribution in [1.82, 2.24) is 14.9 Å². The van der Waals surface area contributed by atoms with E-state index < -0.39 is 10.0 Å². The number of sulfonamides is 1. The molecule has 1 aromatic carbocycles. The number of nitrogens with one attached hydrogen (secondary N) is 2. The lowest BCUT2D eigenvalue weighted by molar-refractivity contribution is 0.105. The van der Waals surface area contributed by atoms with Gasteiger partial charge in [0.05, 0.1) is 11.2 Å². The van der Waals surface area contributed by atoms with Crippen molar-refractivity contribution in [2.24, 2.45) is 4.99 Å². The molecule has 1 fully saturated rings. The van der Waals surface area contributed by atoms with Gasteiger partial charge in [0.15, 0.2) is 5.96 Å². The van der Waals surface area contributed by atoms with Gasteiger partial charge in [-0.2, -0.15) is 4.31 Å². The Morgan fingerprint density at radius 2 is 1.91 bits per heavy atom. The standard InChI is InChI=1S/C22H32N4O4S.HI/c1-23-22(24-12-8-15-29-18-20-10-7-16-30-20)25-17-19-9-3-4-11-21(19)31(27,28)26-13-5-2-6-14-26;/h3-4,7,9-11,16H,2,5-6,8,12-15,17-18H2,1H3,(H2,23,24,25);1H. The number of rotatable bonds is 10. The van der Waals surface area contributed by atoms with E-state index in [0.717, 1.165) is 37.0 Å². The fourth-order valence-corrected chi connectivity index (χ4v) is 5.23. The highest BCUT2D eigenvalue weighted by molar-refractivity contribution is 14.0. The molecule has 0 radical (unpaired) electrons. The number of hydrogen-bond acceptors (Lipinski definition) is 5. The molecule has 0 bridgehead atoms. The smallest absolute Gasteiger partial charge is 0.243 e. The summed E-state index contributed by atoms with van der Waals surface area (Å²) < 4.78 is 38.6. The van der Waals surface area contributed by atoms with Gasteiger partial charge in [0.1, 0.15) is 12.4 Å². The molecule has 0 aliphatic carbocycles. The minimum atomic E-state index is -3.48. The van der Waals surface area contributed by atoms with Crippen LogP contribution in [0.4, 0.5) is 0 Å². The molecular weight excluding hydrogens is 543 g/mol. The molecule has 8 nitrogen and oxygen atoms in total. The predicted molar refractivity (Wildman–Crippen MR) is 136 cm³/mol. The minimum absolute atomic E-state index is 0. The Kier molecular flexibility index (Phi) is 11.5. The molecule has 10 heteroatoms. The average molecular weight is 577 g/mol. The molecule has 32 heavy (non-hydrogen) atoms. The summed E-state index contributed by atoms with van der Waals surface area (Å²) in [4.78, 5) is 4.59. The number of aliphatic imine (C=N–C) groups is 1. The summed E-state index contributed by atoms with van der Waals surface area (Å²) in [5, 5.41) is 6.45. The lowest BCUT2D eigenvalue weighted by Gasteiger charge is -2.27. The minimum Gasteiger partial charge on any atom is -0.467 e. The van der Waals surface area contributed by atoms with Crippen LogP contribution < -0.4 is 10.6 Å². The van der Waals surface area contributed by atoms with E-state index in [1.165, 1.54) is 0 Å². The van der Waals surface area contributed by atoms with Crippen molar-refractivity contribution in [3.05, 3.63) is 54.0 Å². The zero-order chi connectivity index (χ0) is 21.9. The van der Waals surface area contributed by atoms with Gasteiger partial charge >= 0.3 is 0 Å². The highest BCUT2D eigenvalue weighted by atomic mass is 127. The second-order valence-corrected chi connectivity index (χ2v) is 9.32. The predicted octanol–water partition coefficient (Wildman–Crippen LogP) is 3.34. The first-order chi connectivity index (χ1) is 15.1. The van der Waals surface area contributed by atoms with Gasteiger partial charge in [-0.25, -0.2) is 8.42 Å². The van der Waals surface area contributed by atoms with E-state index in [1.807, 2.05) is 24.3 Å². The number of piperidine rings is 1. The van der Waals surface area contributed by atoms with Crippen LogP contribution in [0.5, 0.6) is 0 Å². The highest BCUT2D eigenvalue weighted by Crippen LogP contribution is 2.23. The van der Waals surface area contributed by atoms with Gasteiger partial charge < -0.3 is 19.8 Å². The molecule has 0 unspecified atom stereocenters. The molecule has 1 saturated heterocycles. The zero-order valence-corrected chi connectivity index (χ0v) is 21.6. The van der Waals surface area contributed by atoms with Gasteiger partial charge in [0.25, 0.3) is 0 Å². The molecule has 1 aliphatic heterocycles. The van der Waals surface area contributed by atoms with Crippen LogP contribution in [0.1, 0.15) is 37.0 Å². The first-order valence-corrected chi connectivity index (χ1v) is 12.2. The molecule has 0 atom stereocenters. The molecular formula is C22H33IN4O4S. The maximum absolute atomic E-state index is 13.1. The van der Waals surface area contributed by atoms with Crippen LogP contribution in [0.25, 0.3) is 0 Å². The van der Waals surface area contributed by atoms with E-state index in [-0.39, 0.29) is 24.0 Å². The van der Waals surface area contributed by atoms with Crippen molar-refractivity contribution in [3.8, 4) is 0 Å². The molecule has 2 heterocycles. The first-order valence-electron chi connectivity index (χ1n) is 10.7. The second kappa shape index (κ2) is 13.8. The lowest BCUT2D eigenvalue weighted by atomic mass is 10.2. The Hall–Kier alpha value is -1.63. The number of ether oxygens (including phenoxy) is 1. The van der Waals surface area contributed by atoms with Crippen molar-refractivity contribution in [2.45, 2.75) is 43.7 Å². The number of benzene rings is 1. The van der Waals surface area contributed by atoms with Crippen molar-refractivity contribution < 1.29 is 17.6 Å². The summed E-state index contributed by atoms with van der Waals surface area (Å²) in [7, 11) is -1.79. The van der Waals surface area contributed by atoms with Crippen LogP contribution in [-0.4, -0.2) is 52.0 Å². The molecule has 178 valence electrons. The third-order valence-electron chi connectivity index (χ3n) is 5.16. The molecule has 3 rings (SSSR count). The molecule has 0 saturated carbocycles. The third-order valence-corrected chi connectivity index (χ3v) is 7.16. The topological polar surface area (TPSA) is 96.2 Å². The lowest BCUT2D eigenvalue weighted by Crippen LogP contribution is -2.39. The number of furan rings is 1. The maximum Gasteiger partial charge on any atom is 0.243 e. The molecule has 2 aromatic rings. The van der Waals surface area contributed by atoms with E-state index >= 15 is 0 Å². The Balaban J connectivity index is 0.00000363. The van der Waals surface area contributed by atoms with Gasteiger partial charge in [-0.1, -0.05) is 24.6 Å². The van der Waals surface area contributed by atoms with Gasteiger partial charge in [0.2, 0.25) is 10.0 Å². The summed E-state index contributed by atoms with van der Waals surface area (Å²) in [5.74, 6) is 1.43. The number of halogens is 1. The van der Waals surface area contributed by atoms with Crippen LogP contribution in [0.15, 0.2) is 57.0 Å². The van der Waals surface area contributed by atoms with E-state index in [0.29, 0.717) is 50.2 Å². The summed E-state index contributed by atoms with van der Waals surface area (Å²) in [6, 6.07) is 10.9. The van der Waals surface area contributed by atoms with Gasteiger partial charge in [-0.15, -0.1) is 24.0 Å². The Morgan fingerprint density at radius 1 is 1.12 bits per heavy atom. The SMILES string of the molecule is CN=C(NCCCOCc1ccco1)NCc1ccccc1S(=O)(=O)N1CCCCC1.I. The quantitative estimate of drug-likeness (QED) is 0.195. The van der Waals surface area contributed by atoms with Crippen LogP contribution in [0.3, 0.4) is 0 Å². The largest absolute Gasteiger partial charge is 0.467 e. The molecule has 1 aliphatic rings. The van der Waals surface area contributed by atoms with E-state index in [1.54, 1.807) is 29.7 Å². The van der Waals surface area contributed by atoms with Gasteiger partial charge in [-0.3, -0.25) is 4.99 Å². The summed E-state index contributed by atoms with van der Waals surface area (Å²) >= 11 is 0. The van der Waals surface area contributed by atoms with Crippen molar-refractivity contribution in [3.63, 3.8) is 0 Å². The third kappa shape index (κ3) is 7.75. The molecule has 0 amide bonds. The number of guanidine groups is 1. The monoisotopic (exact) mass is 576 g/mol. The van der Waals surface area contributed by atoms with Crippen LogP contribution >= 0.6 is 24.0 Å². The molecule has 1 aromatic heterocycles. The Labute approximate surface area is 207 Å². The first kappa shape index (κ1) is 26.6. The average Bonchev–Trinajstić information content (AvgIpc) is 3.32. The Bertz CT molecular complexity index is 929. The van der Waals surface area contributed by atoms with Crippen LogP contribution in [0, 0.1) is 0 Å². The summed E-state index contributed by atoms with van der Waals surface area (Å²) in [6.07, 6.45) is 5.36. The maximum atomic E-state index is 13.1. The van der Waals surface area contributed by atoms with Crippen molar-refractivity contribution >= 4 is 40.0 Å². The van der Waals surface area contributed by atoms with Gasteiger partial charge in [-0.05, 0) is 43.0 Å². The fraction of sp³-hybridized carbons (Fsp3) is 0.500. The van der Waals surface area contributed by atoms with Crippen LogP contribution in [0.2, 0.25) is 0 Å². The van der Waals surface area contributed by atoms with Crippen LogP contribution in [-0.2, 0) is 27.9 Å². The van der Waals surface area contributed by atoms with Gasteiger partial charge in [0, 0.05) is 39.8 Å². The van der Waals surface area contributed by atoms with Crippen molar-refractivity contribution in [2.75, 3.05) is 33.3 Å². The summed E-state index contributed by atoms with van der Waals surface area (Å²) in [6.45, 7) is 3.30. The zero-order valence-electron chi connectivity index (χ0n) is 18.5. The van der Waals surface area contributed by atoms with E-state index in [9.17, 15) is 8.42 Å². The molecule has 2 N–H and O–H groups in total. The fourth-order valence-electron chi connectivity index (χ4n) is 3.49. The van der Waals surface area contributed by atoms with Crippen molar-refractivity contribution in [1.29, 1.82) is 0 Å². The Morgan fingerprint density at radius 3 is 2.62 bits per heavy atom. The second-order valence-electron chi connectivity index (χ2n) is 7.41. The highest BCUT2D eigenvalue weighted by Gasteiger charge is 2.27. The number of hydrogen-bond donors (Lipinski definition) is 2. The normalized spacial score (nSPS) is 15.2. The molecule has 0 spiro atoms.